The lowest BCUT2D eigenvalue weighted by atomic mass is 10.1. The van der Waals surface area contributed by atoms with Gasteiger partial charge in [-0.05, 0) is 12.1 Å². The number of hydrogen-bond donors (Lipinski definition) is 2. The summed E-state index contributed by atoms with van der Waals surface area (Å²) in [5.74, 6) is 1.86. The van der Waals surface area contributed by atoms with E-state index < -0.39 is 0 Å². The molecule has 0 saturated heterocycles. The number of anilines is 2. The number of nitrogens with zero attached hydrogens (tertiary/aromatic N) is 1. The van der Waals surface area contributed by atoms with Gasteiger partial charge in [0.25, 0.3) is 0 Å². The predicted molar refractivity (Wildman–Crippen MR) is 77.9 cm³/mol. The van der Waals surface area contributed by atoms with E-state index >= 15 is 0 Å². The molecule has 0 unspecified atom stereocenters. The number of methoxy groups -OCH3 is 2. The highest BCUT2D eigenvalue weighted by Crippen LogP contribution is 2.41. The van der Waals surface area contributed by atoms with E-state index in [0.717, 1.165) is 16.6 Å². The van der Waals surface area contributed by atoms with E-state index in [1.54, 1.807) is 26.5 Å². The minimum absolute atomic E-state index is 0.538. The van der Waals surface area contributed by atoms with E-state index in [0.29, 0.717) is 23.7 Å². The topological polar surface area (TPSA) is 69.4 Å². The molecule has 0 aliphatic rings. The summed E-state index contributed by atoms with van der Waals surface area (Å²) in [5, 5.41) is 4.93. The molecule has 0 spiro atoms. The van der Waals surface area contributed by atoms with Crippen LogP contribution in [0.2, 0.25) is 0 Å². The maximum Gasteiger partial charge on any atom is 0.184 e. The van der Waals surface area contributed by atoms with Gasteiger partial charge in [-0.25, -0.2) is 4.98 Å². The second-order valence-electron chi connectivity index (χ2n) is 3.95. The average Bonchev–Trinajstić information content (AvgIpc) is 2.44. The summed E-state index contributed by atoms with van der Waals surface area (Å²) >= 11 is 0. The molecule has 2 aromatic rings. The molecule has 0 amide bonds. The number of nitrogen functional groups attached to an aromatic ring is 1. The molecule has 19 heavy (non-hydrogen) atoms. The lowest BCUT2D eigenvalue weighted by Gasteiger charge is -2.14. The van der Waals surface area contributed by atoms with Crippen LogP contribution in [0, 0.1) is 0 Å². The zero-order chi connectivity index (χ0) is 13.8. The Morgan fingerprint density at radius 2 is 2.16 bits per heavy atom. The Labute approximate surface area is 112 Å². The molecule has 0 atom stereocenters. The number of fused-ring (bicyclic) bond motifs is 1. The Kier molecular flexibility index (Phi) is 3.75. The van der Waals surface area contributed by atoms with Crippen molar-refractivity contribution in [3.05, 3.63) is 31.0 Å². The first kappa shape index (κ1) is 13.0. The lowest BCUT2D eigenvalue weighted by molar-refractivity contribution is 0.357. The Bertz CT molecular complexity index is 611. The predicted octanol–water partition coefficient (Wildman–Crippen LogP) is 2.43. The number of aromatic nitrogens is 1. The average molecular weight is 259 g/mol. The van der Waals surface area contributed by atoms with Crippen molar-refractivity contribution in [1.82, 2.24) is 4.98 Å². The Balaban J connectivity index is 2.68. The SMILES string of the molecule is C=CCNc1nccc2c(N)c(OC)c(OC)cc12. The maximum absolute atomic E-state index is 6.12. The number of nitrogens with two attached hydrogens (primary N) is 1. The number of nitrogens with one attached hydrogen (secondary N) is 1. The minimum Gasteiger partial charge on any atom is -0.493 e. The first-order chi connectivity index (χ1) is 9.22. The van der Waals surface area contributed by atoms with Crippen molar-refractivity contribution in [2.75, 3.05) is 31.8 Å². The van der Waals surface area contributed by atoms with Crippen LogP contribution in [0.15, 0.2) is 31.0 Å². The van der Waals surface area contributed by atoms with Crippen LogP contribution in [0.1, 0.15) is 0 Å². The van der Waals surface area contributed by atoms with E-state index in [1.807, 2.05) is 12.1 Å². The molecule has 2 rings (SSSR count). The highest BCUT2D eigenvalue weighted by atomic mass is 16.5. The van der Waals surface area contributed by atoms with Crippen LogP contribution >= 0.6 is 0 Å². The van der Waals surface area contributed by atoms with Crippen molar-refractivity contribution >= 4 is 22.3 Å². The smallest absolute Gasteiger partial charge is 0.184 e. The second-order valence-corrected chi connectivity index (χ2v) is 3.95. The molecule has 100 valence electrons. The van der Waals surface area contributed by atoms with Gasteiger partial charge in [-0.1, -0.05) is 6.08 Å². The molecule has 1 aromatic heterocycles. The summed E-state index contributed by atoms with van der Waals surface area (Å²) in [6.45, 7) is 4.30. The van der Waals surface area contributed by atoms with Crippen LogP contribution in [-0.2, 0) is 0 Å². The monoisotopic (exact) mass is 259 g/mol. The number of ether oxygens (including phenoxy) is 2. The lowest BCUT2D eigenvalue weighted by Crippen LogP contribution is -2.03. The van der Waals surface area contributed by atoms with Crippen molar-refractivity contribution in [2.45, 2.75) is 0 Å². The molecule has 3 N–H and O–H groups in total. The molecule has 1 aromatic carbocycles. The zero-order valence-electron chi connectivity index (χ0n) is 11.1. The van der Waals surface area contributed by atoms with Gasteiger partial charge in [0.2, 0.25) is 0 Å². The Morgan fingerprint density at radius 3 is 2.79 bits per heavy atom. The largest absolute Gasteiger partial charge is 0.493 e. The van der Waals surface area contributed by atoms with E-state index in [1.165, 1.54) is 0 Å². The van der Waals surface area contributed by atoms with E-state index in [2.05, 4.69) is 16.9 Å². The molecule has 0 radical (unpaired) electrons. The van der Waals surface area contributed by atoms with Crippen molar-refractivity contribution in [3.63, 3.8) is 0 Å². The van der Waals surface area contributed by atoms with Gasteiger partial charge in [-0.15, -0.1) is 6.58 Å². The van der Waals surface area contributed by atoms with Gasteiger partial charge >= 0.3 is 0 Å². The fraction of sp³-hybridized carbons (Fsp3) is 0.214. The van der Waals surface area contributed by atoms with Crippen LogP contribution in [-0.4, -0.2) is 25.7 Å². The molecule has 0 fully saturated rings. The number of rotatable bonds is 5. The van der Waals surface area contributed by atoms with Crippen LogP contribution in [0.25, 0.3) is 10.8 Å². The third-order valence-corrected chi connectivity index (χ3v) is 2.86. The van der Waals surface area contributed by atoms with Crippen molar-refractivity contribution in [1.29, 1.82) is 0 Å². The zero-order valence-corrected chi connectivity index (χ0v) is 11.1. The molecular weight excluding hydrogens is 242 g/mol. The summed E-state index contributed by atoms with van der Waals surface area (Å²) in [7, 11) is 3.15. The van der Waals surface area contributed by atoms with E-state index in [9.17, 15) is 0 Å². The third kappa shape index (κ3) is 2.27. The minimum atomic E-state index is 0.538. The summed E-state index contributed by atoms with van der Waals surface area (Å²) < 4.78 is 10.6. The first-order valence-electron chi connectivity index (χ1n) is 5.86. The highest BCUT2D eigenvalue weighted by molar-refractivity contribution is 6.03. The number of pyridine rings is 1. The number of benzene rings is 1. The van der Waals surface area contributed by atoms with Gasteiger partial charge in [-0.2, -0.15) is 0 Å². The molecule has 1 heterocycles. The molecule has 0 saturated carbocycles. The standard InChI is InChI=1S/C14H17N3O2/c1-4-6-16-14-10-8-11(18-2)13(19-3)12(15)9(10)5-7-17-14/h4-5,7-8H,1,6,15H2,2-3H3,(H,16,17). The highest BCUT2D eigenvalue weighted by Gasteiger charge is 2.14. The van der Waals surface area contributed by atoms with E-state index in [-0.39, 0.29) is 0 Å². The quantitative estimate of drug-likeness (QED) is 0.637. The van der Waals surface area contributed by atoms with Crippen molar-refractivity contribution in [2.24, 2.45) is 0 Å². The normalized spacial score (nSPS) is 10.2. The fourth-order valence-electron chi connectivity index (χ4n) is 1.98. The maximum atomic E-state index is 6.12. The molecule has 0 bridgehead atoms. The van der Waals surface area contributed by atoms with Crippen molar-refractivity contribution in [3.8, 4) is 11.5 Å². The molecule has 0 aliphatic heterocycles. The molecular formula is C14H17N3O2. The summed E-state index contributed by atoms with van der Waals surface area (Å²) in [5.41, 5.74) is 6.67. The fourth-order valence-corrected chi connectivity index (χ4v) is 1.98. The van der Waals surface area contributed by atoms with Gasteiger partial charge in [0.15, 0.2) is 11.5 Å². The van der Waals surface area contributed by atoms with Crippen LogP contribution in [0.3, 0.4) is 0 Å². The van der Waals surface area contributed by atoms with Gasteiger partial charge in [-0.3, -0.25) is 0 Å². The third-order valence-electron chi connectivity index (χ3n) is 2.86. The van der Waals surface area contributed by atoms with Crippen LogP contribution in [0.4, 0.5) is 11.5 Å². The Hall–Kier alpha value is -2.43. The van der Waals surface area contributed by atoms with Gasteiger partial charge in [0.1, 0.15) is 5.82 Å². The summed E-state index contributed by atoms with van der Waals surface area (Å²) in [6.07, 6.45) is 3.47. The molecule has 5 heteroatoms. The van der Waals surface area contributed by atoms with Crippen molar-refractivity contribution < 1.29 is 9.47 Å². The van der Waals surface area contributed by atoms with Crippen LogP contribution < -0.4 is 20.5 Å². The molecule has 5 nitrogen and oxygen atoms in total. The van der Waals surface area contributed by atoms with Gasteiger partial charge in [0.05, 0.1) is 19.9 Å². The van der Waals surface area contributed by atoms with Crippen LogP contribution in [0.5, 0.6) is 11.5 Å². The summed E-state index contributed by atoms with van der Waals surface area (Å²) in [6, 6.07) is 3.72. The number of hydrogen-bond acceptors (Lipinski definition) is 5. The van der Waals surface area contributed by atoms with E-state index in [4.69, 9.17) is 15.2 Å². The second kappa shape index (κ2) is 5.48. The van der Waals surface area contributed by atoms with Gasteiger partial charge in [0, 0.05) is 23.5 Å². The first-order valence-corrected chi connectivity index (χ1v) is 5.86. The Morgan fingerprint density at radius 1 is 1.37 bits per heavy atom. The summed E-state index contributed by atoms with van der Waals surface area (Å²) in [4.78, 5) is 4.31. The van der Waals surface area contributed by atoms with Gasteiger partial charge < -0.3 is 20.5 Å². The molecule has 0 aliphatic carbocycles.